The molecule has 1 aliphatic carbocycles. The first-order valence-electron chi connectivity index (χ1n) is 5.42. The first kappa shape index (κ1) is 11.0. The predicted octanol–water partition coefficient (Wildman–Crippen LogP) is 1.37. The highest BCUT2D eigenvalue weighted by Crippen LogP contribution is 2.20. The van der Waals surface area contributed by atoms with Gasteiger partial charge in [-0.15, -0.1) is 21.5 Å². The van der Waals surface area contributed by atoms with Gasteiger partial charge in [0, 0.05) is 32.7 Å². The van der Waals surface area contributed by atoms with Crippen LogP contribution in [0.15, 0.2) is 0 Å². The van der Waals surface area contributed by atoms with Gasteiger partial charge in [0.05, 0.1) is 0 Å². The molecule has 0 spiro atoms. The molecule has 1 N–H and O–H groups in total. The molecular weight excluding hydrogens is 210 g/mol. The molecule has 4 nitrogen and oxygen atoms in total. The zero-order valence-electron chi connectivity index (χ0n) is 9.03. The molecule has 0 unspecified atom stereocenters. The van der Waals surface area contributed by atoms with E-state index in [9.17, 15) is 0 Å². The van der Waals surface area contributed by atoms with E-state index in [1.54, 1.807) is 18.4 Å². The van der Waals surface area contributed by atoms with Crippen molar-refractivity contribution in [2.45, 2.75) is 38.3 Å². The zero-order valence-corrected chi connectivity index (χ0v) is 9.85. The van der Waals surface area contributed by atoms with Crippen LogP contribution in [-0.2, 0) is 17.7 Å². The van der Waals surface area contributed by atoms with Crippen LogP contribution in [0.3, 0.4) is 0 Å². The van der Waals surface area contributed by atoms with Gasteiger partial charge in [0.25, 0.3) is 0 Å². The molecule has 0 aliphatic heterocycles. The van der Waals surface area contributed by atoms with Gasteiger partial charge in [0.1, 0.15) is 10.0 Å². The van der Waals surface area contributed by atoms with Crippen LogP contribution in [0.4, 0.5) is 0 Å². The Balaban J connectivity index is 1.70. The molecule has 1 heterocycles. The molecule has 1 aromatic heterocycles. The maximum Gasteiger partial charge on any atom is 0.131 e. The maximum absolute atomic E-state index is 5.00. The van der Waals surface area contributed by atoms with E-state index in [0.29, 0.717) is 0 Å². The van der Waals surface area contributed by atoms with Gasteiger partial charge in [-0.25, -0.2) is 0 Å². The van der Waals surface area contributed by atoms with E-state index in [2.05, 4.69) is 15.5 Å². The quantitative estimate of drug-likeness (QED) is 0.715. The minimum absolute atomic E-state index is 0.742. The van der Waals surface area contributed by atoms with Crippen molar-refractivity contribution < 1.29 is 4.74 Å². The van der Waals surface area contributed by atoms with E-state index in [0.717, 1.165) is 42.1 Å². The summed E-state index contributed by atoms with van der Waals surface area (Å²) >= 11 is 1.71. The lowest BCUT2D eigenvalue weighted by Gasteiger charge is -1.96. The van der Waals surface area contributed by atoms with Gasteiger partial charge in [-0.05, 0) is 19.3 Å². The summed E-state index contributed by atoms with van der Waals surface area (Å²) in [4.78, 5) is 0. The molecule has 0 radical (unpaired) electrons. The summed E-state index contributed by atoms with van der Waals surface area (Å²) in [5.74, 6) is 0. The Morgan fingerprint density at radius 3 is 2.93 bits per heavy atom. The molecule has 84 valence electrons. The summed E-state index contributed by atoms with van der Waals surface area (Å²) in [5, 5.41) is 14.0. The van der Waals surface area contributed by atoms with E-state index in [1.807, 2.05) is 0 Å². The second kappa shape index (κ2) is 5.53. The van der Waals surface area contributed by atoms with Crippen LogP contribution in [0.25, 0.3) is 0 Å². The number of nitrogens with zero attached hydrogens (tertiary/aromatic N) is 2. The van der Waals surface area contributed by atoms with Crippen LogP contribution in [0.5, 0.6) is 0 Å². The molecule has 0 aromatic carbocycles. The number of rotatable bonds is 7. The van der Waals surface area contributed by atoms with Crippen molar-refractivity contribution in [3.05, 3.63) is 10.0 Å². The van der Waals surface area contributed by atoms with Gasteiger partial charge in [-0.2, -0.15) is 0 Å². The number of ether oxygens (including phenoxy) is 1. The summed E-state index contributed by atoms with van der Waals surface area (Å²) in [6, 6.07) is 0.742. The van der Waals surface area contributed by atoms with Crippen molar-refractivity contribution in [1.29, 1.82) is 0 Å². The van der Waals surface area contributed by atoms with Crippen LogP contribution in [-0.4, -0.2) is 30.0 Å². The van der Waals surface area contributed by atoms with E-state index in [-0.39, 0.29) is 0 Å². The average molecular weight is 227 g/mol. The van der Waals surface area contributed by atoms with Crippen molar-refractivity contribution in [3.8, 4) is 0 Å². The monoisotopic (exact) mass is 227 g/mol. The van der Waals surface area contributed by atoms with Gasteiger partial charge >= 0.3 is 0 Å². The third kappa shape index (κ3) is 3.85. The second-order valence-electron chi connectivity index (χ2n) is 3.84. The van der Waals surface area contributed by atoms with E-state index >= 15 is 0 Å². The Labute approximate surface area is 94.1 Å². The number of methoxy groups -OCH3 is 1. The lowest BCUT2D eigenvalue weighted by Crippen LogP contribution is -2.14. The van der Waals surface area contributed by atoms with Gasteiger partial charge in [-0.3, -0.25) is 0 Å². The van der Waals surface area contributed by atoms with Crippen molar-refractivity contribution >= 4 is 11.3 Å². The Morgan fingerprint density at radius 1 is 1.40 bits per heavy atom. The second-order valence-corrected chi connectivity index (χ2v) is 4.99. The Kier molecular flexibility index (Phi) is 4.05. The van der Waals surface area contributed by atoms with E-state index in [1.165, 1.54) is 12.8 Å². The molecule has 1 saturated carbocycles. The molecule has 0 atom stereocenters. The number of nitrogens with one attached hydrogen (secondary N) is 1. The standard InChI is InChI=1S/C10H17N3OS/c1-14-6-2-3-9-12-13-10(15-9)7-11-8-4-5-8/h8,11H,2-7H2,1H3. The largest absolute Gasteiger partial charge is 0.385 e. The molecule has 1 aliphatic rings. The fourth-order valence-electron chi connectivity index (χ4n) is 1.35. The van der Waals surface area contributed by atoms with Crippen molar-refractivity contribution in [2.75, 3.05) is 13.7 Å². The Morgan fingerprint density at radius 2 is 2.20 bits per heavy atom. The molecular formula is C10H17N3OS. The lowest BCUT2D eigenvalue weighted by atomic mass is 10.3. The van der Waals surface area contributed by atoms with Crippen LogP contribution < -0.4 is 5.32 Å². The maximum atomic E-state index is 5.00. The number of aryl methyl sites for hydroxylation is 1. The van der Waals surface area contributed by atoms with Gasteiger partial charge < -0.3 is 10.1 Å². The predicted molar refractivity (Wildman–Crippen MR) is 60.0 cm³/mol. The molecule has 0 saturated heterocycles. The third-order valence-corrected chi connectivity index (χ3v) is 3.35. The topological polar surface area (TPSA) is 47.0 Å². The molecule has 1 fully saturated rings. The smallest absolute Gasteiger partial charge is 0.131 e. The van der Waals surface area contributed by atoms with Crippen molar-refractivity contribution in [3.63, 3.8) is 0 Å². The van der Waals surface area contributed by atoms with Crippen molar-refractivity contribution in [1.82, 2.24) is 15.5 Å². The average Bonchev–Trinajstić information content (AvgIpc) is 2.97. The highest BCUT2D eigenvalue weighted by atomic mass is 32.1. The summed E-state index contributed by atoms with van der Waals surface area (Å²) in [6.07, 6.45) is 4.65. The third-order valence-electron chi connectivity index (χ3n) is 2.37. The molecule has 0 amide bonds. The highest BCUT2D eigenvalue weighted by Gasteiger charge is 2.20. The molecule has 1 aromatic rings. The number of hydrogen-bond donors (Lipinski definition) is 1. The zero-order chi connectivity index (χ0) is 10.5. The summed E-state index contributed by atoms with van der Waals surface area (Å²) in [7, 11) is 1.73. The SMILES string of the molecule is COCCCc1nnc(CNC2CC2)s1. The summed E-state index contributed by atoms with van der Waals surface area (Å²) < 4.78 is 5.00. The van der Waals surface area contributed by atoms with Gasteiger partial charge in [0.2, 0.25) is 0 Å². The first-order valence-corrected chi connectivity index (χ1v) is 6.23. The molecule has 2 rings (SSSR count). The molecule has 15 heavy (non-hydrogen) atoms. The van der Waals surface area contributed by atoms with Crippen LogP contribution >= 0.6 is 11.3 Å². The van der Waals surface area contributed by atoms with E-state index in [4.69, 9.17) is 4.74 Å². The van der Waals surface area contributed by atoms with Crippen LogP contribution in [0.2, 0.25) is 0 Å². The lowest BCUT2D eigenvalue weighted by molar-refractivity contribution is 0.195. The van der Waals surface area contributed by atoms with Crippen molar-refractivity contribution in [2.24, 2.45) is 0 Å². The Hall–Kier alpha value is -0.520. The van der Waals surface area contributed by atoms with Gasteiger partial charge in [-0.1, -0.05) is 0 Å². The minimum Gasteiger partial charge on any atom is -0.385 e. The molecule has 5 heteroatoms. The van der Waals surface area contributed by atoms with Gasteiger partial charge in [0.15, 0.2) is 0 Å². The first-order chi connectivity index (χ1) is 7.38. The Bertz CT molecular complexity index is 299. The number of aromatic nitrogens is 2. The molecule has 0 bridgehead atoms. The highest BCUT2D eigenvalue weighted by molar-refractivity contribution is 7.11. The summed E-state index contributed by atoms with van der Waals surface area (Å²) in [5.41, 5.74) is 0. The normalized spacial score (nSPS) is 15.8. The summed E-state index contributed by atoms with van der Waals surface area (Å²) in [6.45, 7) is 1.68. The fraction of sp³-hybridized carbons (Fsp3) is 0.800. The van der Waals surface area contributed by atoms with E-state index < -0.39 is 0 Å². The van der Waals surface area contributed by atoms with Crippen LogP contribution in [0.1, 0.15) is 29.3 Å². The van der Waals surface area contributed by atoms with Crippen LogP contribution in [0, 0.1) is 0 Å². The number of hydrogen-bond acceptors (Lipinski definition) is 5. The fourth-order valence-corrected chi connectivity index (χ4v) is 2.18. The minimum atomic E-state index is 0.742.